The van der Waals surface area contributed by atoms with Gasteiger partial charge in [-0.05, 0) is 6.92 Å². The van der Waals surface area contributed by atoms with Crippen LogP contribution >= 0.6 is 0 Å². The van der Waals surface area contributed by atoms with Gasteiger partial charge in [-0.25, -0.2) is 19.2 Å². The number of anilines is 1. The quantitative estimate of drug-likeness (QED) is 0.593. The van der Waals surface area contributed by atoms with Crippen LogP contribution in [0.4, 0.5) is 15.1 Å². The SMILES string of the molecule is Cc1nc(N2CCOCC2)ncc1-c1cccc(COC(=O)N=C(N)N)c1F. The second-order valence-corrected chi connectivity index (χ2v) is 6.14. The molecule has 3 rings (SSSR count). The molecule has 1 aliphatic rings. The maximum Gasteiger partial charge on any atom is 0.437 e. The number of ether oxygens (including phenoxy) is 2. The number of aryl methyl sites for hydroxylation is 1. The van der Waals surface area contributed by atoms with Crippen molar-refractivity contribution in [2.24, 2.45) is 16.5 Å². The van der Waals surface area contributed by atoms with E-state index in [1.165, 1.54) is 6.07 Å². The highest BCUT2D eigenvalue weighted by atomic mass is 19.1. The Balaban J connectivity index is 1.81. The first-order chi connectivity index (χ1) is 13.5. The molecule has 0 spiro atoms. The zero-order valence-corrected chi connectivity index (χ0v) is 15.4. The van der Waals surface area contributed by atoms with Crippen molar-refractivity contribution in [3.05, 3.63) is 41.5 Å². The molecule has 1 aliphatic heterocycles. The minimum atomic E-state index is -0.987. The number of hydrogen-bond acceptors (Lipinski definition) is 6. The van der Waals surface area contributed by atoms with E-state index in [2.05, 4.69) is 15.0 Å². The van der Waals surface area contributed by atoms with Gasteiger partial charge in [0, 0.05) is 36.0 Å². The second-order valence-electron chi connectivity index (χ2n) is 6.14. The fraction of sp³-hybridized carbons (Fsp3) is 0.333. The van der Waals surface area contributed by atoms with Gasteiger partial charge in [0.15, 0.2) is 5.96 Å². The Morgan fingerprint density at radius 1 is 1.32 bits per heavy atom. The number of carbonyl (C=O) groups is 1. The lowest BCUT2D eigenvalue weighted by Gasteiger charge is -2.27. The van der Waals surface area contributed by atoms with Crippen molar-refractivity contribution < 1.29 is 18.7 Å². The molecule has 10 heteroatoms. The number of amides is 1. The number of morpholine rings is 1. The van der Waals surface area contributed by atoms with Crippen molar-refractivity contribution in [2.45, 2.75) is 13.5 Å². The van der Waals surface area contributed by atoms with Crippen LogP contribution < -0.4 is 16.4 Å². The van der Waals surface area contributed by atoms with E-state index in [1.54, 1.807) is 25.3 Å². The van der Waals surface area contributed by atoms with Crippen LogP contribution in [0.15, 0.2) is 29.4 Å². The van der Waals surface area contributed by atoms with Crippen molar-refractivity contribution >= 4 is 18.0 Å². The van der Waals surface area contributed by atoms with E-state index in [4.69, 9.17) is 20.9 Å². The molecular weight excluding hydrogens is 367 g/mol. The standard InChI is InChI=1S/C18H21FN6O3/c1-11-14(9-22-17(23-11)25-5-7-27-8-6-25)13-4-2-3-12(15(13)19)10-28-18(26)24-16(20)21/h2-4,9H,5-8,10H2,1H3,(H4,20,21,24,26). The summed E-state index contributed by atoms with van der Waals surface area (Å²) in [5.41, 5.74) is 11.9. The Morgan fingerprint density at radius 2 is 2.07 bits per heavy atom. The highest BCUT2D eigenvalue weighted by molar-refractivity contribution is 5.87. The van der Waals surface area contributed by atoms with E-state index in [0.29, 0.717) is 49.1 Å². The van der Waals surface area contributed by atoms with Crippen LogP contribution in [0.1, 0.15) is 11.3 Å². The molecule has 2 aromatic rings. The van der Waals surface area contributed by atoms with E-state index in [-0.39, 0.29) is 12.2 Å². The van der Waals surface area contributed by atoms with Crippen molar-refractivity contribution in [2.75, 3.05) is 31.2 Å². The Kier molecular flexibility index (Phi) is 5.99. The normalized spacial score (nSPS) is 13.9. The maximum atomic E-state index is 14.9. The van der Waals surface area contributed by atoms with Gasteiger partial charge in [-0.3, -0.25) is 0 Å². The van der Waals surface area contributed by atoms with Gasteiger partial charge in [0.1, 0.15) is 12.4 Å². The van der Waals surface area contributed by atoms with Gasteiger partial charge in [0.2, 0.25) is 5.95 Å². The summed E-state index contributed by atoms with van der Waals surface area (Å²) in [5.74, 6) is -0.356. The average Bonchev–Trinajstić information content (AvgIpc) is 2.67. The third-order valence-corrected chi connectivity index (χ3v) is 4.20. The average molecular weight is 388 g/mol. The summed E-state index contributed by atoms with van der Waals surface area (Å²) in [5, 5.41) is 0. The molecule has 1 fully saturated rings. The topological polar surface area (TPSA) is 129 Å². The van der Waals surface area contributed by atoms with Crippen LogP contribution in [0.2, 0.25) is 0 Å². The molecule has 0 aliphatic carbocycles. The van der Waals surface area contributed by atoms with E-state index in [9.17, 15) is 9.18 Å². The van der Waals surface area contributed by atoms with Crippen LogP contribution in [0.3, 0.4) is 0 Å². The van der Waals surface area contributed by atoms with Gasteiger partial charge in [-0.1, -0.05) is 18.2 Å². The van der Waals surface area contributed by atoms with Crippen molar-refractivity contribution in [3.8, 4) is 11.1 Å². The summed E-state index contributed by atoms with van der Waals surface area (Å²) in [6.45, 7) is 4.17. The van der Waals surface area contributed by atoms with E-state index < -0.39 is 17.9 Å². The van der Waals surface area contributed by atoms with Gasteiger partial charge in [-0.2, -0.15) is 0 Å². The minimum Gasteiger partial charge on any atom is -0.443 e. The first-order valence-electron chi connectivity index (χ1n) is 8.66. The molecule has 1 amide bonds. The third-order valence-electron chi connectivity index (χ3n) is 4.20. The summed E-state index contributed by atoms with van der Waals surface area (Å²) in [6, 6.07) is 4.80. The van der Waals surface area contributed by atoms with Crippen LogP contribution in [-0.4, -0.2) is 48.3 Å². The van der Waals surface area contributed by atoms with Gasteiger partial charge >= 0.3 is 6.09 Å². The molecule has 9 nitrogen and oxygen atoms in total. The van der Waals surface area contributed by atoms with Gasteiger partial charge in [0.05, 0.1) is 18.9 Å². The van der Waals surface area contributed by atoms with Crippen molar-refractivity contribution in [1.82, 2.24) is 9.97 Å². The first-order valence-corrected chi connectivity index (χ1v) is 8.66. The molecule has 0 bridgehead atoms. The molecule has 0 unspecified atom stereocenters. The maximum absolute atomic E-state index is 14.9. The number of guanidine groups is 1. The van der Waals surface area contributed by atoms with E-state index in [1.807, 2.05) is 4.90 Å². The van der Waals surface area contributed by atoms with Crippen molar-refractivity contribution in [3.63, 3.8) is 0 Å². The monoisotopic (exact) mass is 388 g/mol. The van der Waals surface area contributed by atoms with Crippen LogP contribution in [0, 0.1) is 12.7 Å². The van der Waals surface area contributed by atoms with Crippen LogP contribution in [-0.2, 0) is 16.1 Å². The number of nitrogens with zero attached hydrogens (tertiary/aromatic N) is 4. The largest absolute Gasteiger partial charge is 0.443 e. The van der Waals surface area contributed by atoms with E-state index >= 15 is 0 Å². The summed E-state index contributed by atoms with van der Waals surface area (Å²) in [7, 11) is 0. The number of nitrogens with two attached hydrogens (primary N) is 2. The van der Waals surface area contributed by atoms with Crippen LogP contribution in [0.5, 0.6) is 0 Å². The number of hydrogen-bond donors (Lipinski definition) is 2. The first kappa shape index (κ1) is 19.5. The van der Waals surface area contributed by atoms with Gasteiger partial charge in [0.25, 0.3) is 0 Å². The minimum absolute atomic E-state index is 0.188. The predicted molar refractivity (Wildman–Crippen MR) is 101 cm³/mol. The zero-order chi connectivity index (χ0) is 20.1. The molecule has 28 heavy (non-hydrogen) atoms. The van der Waals surface area contributed by atoms with Gasteiger partial charge < -0.3 is 25.8 Å². The predicted octanol–water partition coefficient (Wildman–Crippen LogP) is 1.34. The molecule has 148 valence electrons. The lowest BCUT2D eigenvalue weighted by atomic mass is 10.0. The smallest absolute Gasteiger partial charge is 0.437 e. The summed E-state index contributed by atoms with van der Waals surface area (Å²) in [6.07, 6.45) is 0.611. The van der Waals surface area contributed by atoms with Gasteiger partial charge in [-0.15, -0.1) is 4.99 Å². The Hall–Kier alpha value is -3.27. The Labute approximate surface area is 161 Å². The highest BCUT2D eigenvalue weighted by Gasteiger charge is 2.18. The fourth-order valence-corrected chi connectivity index (χ4v) is 2.81. The lowest BCUT2D eigenvalue weighted by molar-refractivity contribution is 0.122. The molecule has 1 saturated heterocycles. The number of carbonyl (C=O) groups excluding carboxylic acids is 1. The van der Waals surface area contributed by atoms with E-state index in [0.717, 1.165) is 0 Å². The Morgan fingerprint density at radius 3 is 2.75 bits per heavy atom. The second kappa shape index (κ2) is 8.61. The fourth-order valence-electron chi connectivity index (χ4n) is 2.81. The third kappa shape index (κ3) is 4.52. The molecule has 2 heterocycles. The van der Waals surface area contributed by atoms with Crippen molar-refractivity contribution in [1.29, 1.82) is 0 Å². The molecule has 4 N–H and O–H groups in total. The number of halogens is 1. The molecule has 0 atom stereocenters. The number of benzene rings is 1. The number of rotatable bonds is 4. The molecule has 1 aromatic heterocycles. The molecule has 1 aromatic carbocycles. The highest BCUT2D eigenvalue weighted by Crippen LogP contribution is 2.28. The Bertz CT molecular complexity index is 895. The summed E-state index contributed by atoms with van der Waals surface area (Å²) < 4.78 is 25.1. The summed E-state index contributed by atoms with van der Waals surface area (Å²) in [4.78, 5) is 25.6. The molecule has 0 radical (unpaired) electrons. The number of aliphatic imine (C=N–C) groups is 1. The lowest BCUT2D eigenvalue weighted by Crippen LogP contribution is -2.37. The molecular formula is C18H21FN6O3. The molecule has 0 saturated carbocycles. The summed E-state index contributed by atoms with van der Waals surface area (Å²) >= 11 is 0. The number of aromatic nitrogens is 2. The van der Waals surface area contributed by atoms with Crippen LogP contribution in [0.25, 0.3) is 11.1 Å². The zero-order valence-electron chi connectivity index (χ0n) is 15.4.